The molecule has 3 amide bonds. The molecule has 35 heavy (non-hydrogen) atoms. The Bertz CT molecular complexity index is 1030. The summed E-state index contributed by atoms with van der Waals surface area (Å²) < 4.78 is 17.2. The van der Waals surface area contributed by atoms with E-state index in [0.717, 1.165) is 35.2 Å². The average molecular weight is 481 g/mol. The zero-order valence-corrected chi connectivity index (χ0v) is 21.8. The van der Waals surface area contributed by atoms with Crippen molar-refractivity contribution in [1.82, 2.24) is 9.80 Å². The molecule has 0 aliphatic carbocycles. The molecule has 8 nitrogen and oxygen atoms in total. The van der Waals surface area contributed by atoms with E-state index in [1.165, 1.54) is 12.0 Å². The molecular formula is C26H36BN3O5. The van der Waals surface area contributed by atoms with Gasteiger partial charge in [-0.05, 0) is 71.0 Å². The van der Waals surface area contributed by atoms with Crippen molar-refractivity contribution in [2.75, 3.05) is 13.7 Å². The average Bonchev–Trinajstić information content (AvgIpc) is 3.51. The Hall–Kier alpha value is -2.65. The van der Waals surface area contributed by atoms with E-state index >= 15 is 0 Å². The third kappa shape index (κ3) is 4.76. The molecule has 3 aliphatic rings. The van der Waals surface area contributed by atoms with Crippen molar-refractivity contribution in [3.8, 4) is 0 Å². The highest BCUT2D eigenvalue weighted by atomic mass is 16.7. The summed E-state index contributed by atoms with van der Waals surface area (Å²) in [4.78, 5) is 33.1. The van der Waals surface area contributed by atoms with Crippen LogP contribution in [0, 0.1) is 0 Å². The number of carbonyl (C=O) groups excluding carboxylic acids is 2. The van der Waals surface area contributed by atoms with Crippen molar-refractivity contribution in [2.45, 2.75) is 84.1 Å². The number of amides is 3. The number of rotatable bonds is 4. The Morgan fingerprint density at radius 2 is 1.77 bits per heavy atom. The molecule has 1 aromatic carbocycles. The van der Waals surface area contributed by atoms with Crippen LogP contribution in [0.15, 0.2) is 35.5 Å². The third-order valence-electron chi connectivity index (χ3n) is 7.54. The van der Waals surface area contributed by atoms with E-state index in [-0.39, 0.29) is 29.3 Å². The second-order valence-corrected chi connectivity index (χ2v) is 10.7. The first kappa shape index (κ1) is 25.4. The van der Waals surface area contributed by atoms with E-state index in [4.69, 9.17) is 19.0 Å². The van der Waals surface area contributed by atoms with Crippen LogP contribution in [0.2, 0.25) is 0 Å². The molecule has 0 saturated carbocycles. The summed E-state index contributed by atoms with van der Waals surface area (Å²) in [5, 5.41) is 0. The number of methoxy groups -OCH3 is 1. The molecule has 9 heteroatoms. The summed E-state index contributed by atoms with van der Waals surface area (Å²) in [5.74, 6) is 0. The van der Waals surface area contributed by atoms with E-state index in [0.29, 0.717) is 13.0 Å². The first-order chi connectivity index (χ1) is 16.4. The maximum Gasteiger partial charge on any atom is 0.494 e. The predicted molar refractivity (Wildman–Crippen MR) is 137 cm³/mol. The van der Waals surface area contributed by atoms with Crippen molar-refractivity contribution in [1.29, 1.82) is 0 Å². The van der Waals surface area contributed by atoms with E-state index in [9.17, 15) is 9.59 Å². The van der Waals surface area contributed by atoms with Gasteiger partial charge in [-0.15, -0.1) is 0 Å². The SMILES string of the molecule is COC(=O)N(C(=O)N1CCC[C@H]1C1=NC=C(c2ccc(B3OC(C)(C)C(C)(C)O3)cc2)C1)C(C)C. The number of hydrogen-bond donors (Lipinski definition) is 0. The van der Waals surface area contributed by atoms with Crippen LogP contribution in [0.1, 0.15) is 66.4 Å². The van der Waals surface area contributed by atoms with E-state index in [1.54, 1.807) is 18.7 Å². The van der Waals surface area contributed by atoms with Gasteiger partial charge in [0.1, 0.15) is 0 Å². The fourth-order valence-electron chi connectivity index (χ4n) is 4.75. The van der Waals surface area contributed by atoms with Gasteiger partial charge in [-0.25, -0.2) is 14.5 Å². The van der Waals surface area contributed by atoms with Gasteiger partial charge in [-0.1, -0.05) is 24.3 Å². The summed E-state index contributed by atoms with van der Waals surface area (Å²) in [6.07, 6.45) is 3.63. The molecule has 1 atom stereocenters. The van der Waals surface area contributed by atoms with Gasteiger partial charge in [0.15, 0.2) is 0 Å². The topological polar surface area (TPSA) is 80.7 Å². The van der Waals surface area contributed by atoms with Crippen LogP contribution in [0.25, 0.3) is 5.57 Å². The van der Waals surface area contributed by atoms with Crippen molar-refractivity contribution < 1.29 is 23.6 Å². The summed E-state index contributed by atoms with van der Waals surface area (Å²) in [6.45, 7) is 12.4. The zero-order valence-electron chi connectivity index (χ0n) is 21.8. The molecule has 0 radical (unpaired) electrons. The molecule has 0 N–H and O–H groups in total. The van der Waals surface area contributed by atoms with Gasteiger partial charge in [0.2, 0.25) is 0 Å². The largest absolute Gasteiger partial charge is 0.494 e. The lowest BCUT2D eigenvalue weighted by Gasteiger charge is -2.32. The van der Waals surface area contributed by atoms with Crippen LogP contribution in [0.4, 0.5) is 9.59 Å². The normalized spacial score (nSPS) is 22.9. The van der Waals surface area contributed by atoms with Gasteiger partial charge < -0.3 is 18.9 Å². The summed E-state index contributed by atoms with van der Waals surface area (Å²) in [7, 11) is 0.900. The first-order valence-corrected chi connectivity index (χ1v) is 12.3. The summed E-state index contributed by atoms with van der Waals surface area (Å²) in [5.41, 5.74) is 3.37. The van der Waals surface area contributed by atoms with Crippen LogP contribution in [-0.4, -0.2) is 71.7 Å². The smallest absolute Gasteiger partial charge is 0.452 e. The lowest BCUT2D eigenvalue weighted by Crippen LogP contribution is -2.52. The van der Waals surface area contributed by atoms with E-state index in [1.807, 2.05) is 46.0 Å². The molecule has 3 heterocycles. The minimum atomic E-state index is -0.634. The molecule has 1 aromatic rings. The maximum absolute atomic E-state index is 13.2. The van der Waals surface area contributed by atoms with E-state index < -0.39 is 13.2 Å². The Kier molecular flexibility index (Phi) is 6.86. The predicted octanol–water partition coefficient (Wildman–Crippen LogP) is 4.23. The molecule has 4 rings (SSSR count). The third-order valence-corrected chi connectivity index (χ3v) is 7.54. The Balaban J connectivity index is 1.42. The number of benzene rings is 1. The highest BCUT2D eigenvalue weighted by molar-refractivity contribution is 6.62. The van der Waals surface area contributed by atoms with Crippen molar-refractivity contribution >= 4 is 36.0 Å². The standard InChI is InChI=1S/C26H36BN3O5/c1-17(2)30(24(32)33-7)23(31)29-14-8-9-22(29)21-15-19(16-28-21)18-10-12-20(13-11-18)27-34-25(3,4)26(5,6)35-27/h10-13,16-17,22H,8-9,14-15H2,1-7H3/t22-/m0/s1. The number of imide groups is 1. The number of allylic oxidation sites excluding steroid dienone is 1. The van der Waals surface area contributed by atoms with Gasteiger partial charge in [0, 0.05) is 30.9 Å². The molecule has 0 bridgehead atoms. The Labute approximate surface area is 208 Å². The van der Waals surface area contributed by atoms with Crippen LogP contribution in [-0.2, 0) is 14.0 Å². The van der Waals surface area contributed by atoms with Crippen LogP contribution < -0.4 is 5.46 Å². The van der Waals surface area contributed by atoms with Crippen molar-refractivity contribution in [3.63, 3.8) is 0 Å². The fraction of sp³-hybridized carbons (Fsp3) is 0.577. The Morgan fingerprint density at radius 3 is 2.34 bits per heavy atom. The molecule has 3 aliphatic heterocycles. The number of urea groups is 1. The Morgan fingerprint density at radius 1 is 1.14 bits per heavy atom. The molecule has 0 unspecified atom stereocenters. The number of aliphatic imine (C=N–C) groups is 1. The lowest BCUT2D eigenvalue weighted by atomic mass is 9.78. The summed E-state index contributed by atoms with van der Waals surface area (Å²) >= 11 is 0. The highest BCUT2D eigenvalue weighted by Gasteiger charge is 2.51. The quantitative estimate of drug-likeness (QED) is 0.602. The maximum atomic E-state index is 13.2. The molecule has 0 spiro atoms. The van der Waals surface area contributed by atoms with E-state index in [2.05, 4.69) is 12.1 Å². The summed E-state index contributed by atoms with van der Waals surface area (Å²) in [6, 6.07) is 7.48. The highest BCUT2D eigenvalue weighted by Crippen LogP contribution is 2.37. The number of nitrogens with zero attached hydrogens (tertiary/aromatic N) is 3. The number of carbonyl (C=O) groups is 2. The number of hydrogen-bond acceptors (Lipinski definition) is 6. The molecule has 2 saturated heterocycles. The first-order valence-electron chi connectivity index (χ1n) is 12.3. The van der Waals surface area contributed by atoms with Gasteiger partial charge in [-0.3, -0.25) is 4.99 Å². The lowest BCUT2D eigenvalue weighted by molar-refractivity contribution is 0.00578. The van der Waals surface area contributed by atoms with Gasteiger partial charge in [0.05, 0.1) is 24.4 Å². The number of likely N-dealkylation sites (tertiary alicyclic amines) is 1. The van der Waals surface area contributed by atoms with Crippen LogP contribution >= 0.6 is 0 Å². The minimum Gasteiger partial charge on any atom is -0.452 e. The van der Waals surface area contributed by atoms with Crippen molar-refractivity contribution in [3.05, 3.63) is 36.0 Å². The monoisotopic (exact) mass is 481 g/mol. The van der Waals surface area contributed by atoms with Gasteiger partial charge in [0.25, 0.3) is 0 Å². The molecular weight excluding hydrogens is 445 g/mol. The van der Waals surface area contributed by atoms with Crippen LogP contribution in [0.5, 0.6) is 0 Å². The van der Waals surface area contributed by atoms with Gasteiger partial charge >= 0.3 is 19.2 Å². The second kappa shape index (κ2) is 9.43. The van der Waals surface area contributed by atoms with Crippen LogP contribution in [0.3, 0.4) is 0 Å². The molecule has 188 valence electrons. The molecule has 2 fully saturated rings. The zero-order chi connectivity index (χ0) is 25.5. The van der Waals surface area contributed by atoms with Gasteiger partial charge in [-0.2, -0.15) is 0 Å². The molecule has 0 aromatic heterocycles. The fourth-order valence-corrected chi connectivity index (χ4v) is 4.75. The number of ether oxygens (including phenoxy) is 1. The second-order valence-electron chi connectivity index (χ2n) is 10.7. The minimum absolute atomic E-state index is 0.119. The van der Waals surface area contributed by atoms with Crippen molar-refractivity contribution in [2.24, 2.45) is 4.99 Å².